The zero-order chi connectivity index (χ0) is 22.7. The van der Waals surface area contributed by atoms with Gasteiger partial charge in [0.25, 0.3) is 5.56 Å². The molecule has 1 aliphatic rings. The molecule has 1 saturated heterocycles. The number of ether oxygens (including phenoxy) is 2. The molecule has 32 heavy (non-hydrogen) atoms. The second kappa shape index (κ2) is 9.40. The summed E-state index contributed by atoms with van der Waals surface area (Å²) in [5.74, 6) is 0.231. The van der Waals surface area contributed by atoms with Crippen LogP contribution >= 0.6 is 0 Å². The Kier molecular flexibility index (Phi) is 6.41. The number of hydrogen-bond acceptors (Lipinski definition) is 6. The third-order valence-corrected chi connectivity index (χ3v) is 6.09. The monoisotopic (exact) mass is 437 g/mol. The Morgan fingerprint density at radius 2 is 1.75 bits per heavy atom. The van der Waals surface area contributed by atoms with Crippen LogP contribution in [0.5, 0.6) is 5.75 Å². The number of H-pyrrole nitrogens is 1. The number of methoxy groups -OCH3 is 2. The SMILES string of the molecule is COC(=O)c1ccc2c(=O)n(C[C@H](c3ccc(OC)cc3)N3CCCCC3)c(=O)[nH]c2c1. The minimum atomic E-state index is -0.526. The number of rotatable bonds is 6. The molecule has 0 unspecified atom stereocenters. The van der Waals surface area contributed by atoms with Crippen molar-refractivity contribution in [1.29, 1.82) is 0 Å². The molecule has 1 aromatic heterocycles. The van der Waals surface area contributed by atoms with E-state index in [4.69, 9.17) is 9.47 Å². The number of nitrogens with one attached hydrogen (secondary N) is 1. The summed E-state index contributed by atoms with van der Waals surface area (Å²) in [6, 6.07) is 12.2. The maximum absolute atomic E-state index is 13.2. The largest absolute Gasteiger partial charge is 0.497 e. The maximum Gasteiger partial charge on any atom is 0.337 e. The molecule has 3 aromatic rings. The molecule has 0 amide bonds. The lowest BCUT2D eigenvalue weighted by Crippen LogP contribution is -2.42. The molecule has 1 N–H and O–H groups in total. The number of nitrogens with zero attached hydrogens (tertiary/aromatic N) is 2. The van der Waals surface area contributed by atoms with Gasteiger partial charge in [0.1, 0.15) is 5.75 Å². The fraction of sp³-hybridized carbons (Fsp3) is 0.375. The van der Waals surface area contributed by atoms with Crippen molar-refractivity contribution in [3.05, 3.63) is 74.4 Å². The molecule has 0 saturated carbocycles. The zero-order valence-corrected chi connectivity index (χ0v) is 18.3. The molecule has 2 heterocycles. The van der Waals surface area contributed by atoms with Gasteiger partial charge in [0.2, 0.25) is 0 Å². The average molecular weight is 437 g/mol. The highest BCUT2D eigenvalue weighted by molar-refractivity contribution is 5.93. The molecule has 0 radical (unpaired) electrons. The Bertz CT molecular complexity index is 1220. The van der Waals surface area contributed by atoms with Crippen LogP contribution in [0.1, 0.15) is 41.2 Å². The van der Waals surface area contributed by atoms with E-state index in [9.17, 15) is 14.4 Å². The number of carbonyl (C=O) groups is 1. The first-order valence-electron chi connectivity index (χ1n) is 10.7. The van der Waals surface area contributed by atoms with Gasteiger partial charge in [-0.25, -0.2) is 9.59 Å². The van der Waals surface area contributed by atoms with Crippen LogP contribution in [-0.2, 0) is 11.3 Å². The Labute approximate surface area is 185 Å². The summed E-state index contributed by atoms with van der Waals surface area (Å²) in [5, 5.41) is 0.351. The smallest absolute Gasteiger partial charge is 0.337 e. The first-order chi connectivity index (χ1) is 15.5. The lowest BCUT2D eigenvalue weighted by Gasteiger charge is -2.35. The van der Waals surface area contributed by atoms with Gasteiger partial charge < -0.3 is 14.5 Å². The molecule has 0 spiro atoms. The molecular weight excluding hydrogens is 410 g/mol. The molecule has 0 aliphatic carbocycles. The van der Waals surface area contributed by atoms with E-state index < -0.39 is 11.7 Å². The van der Waals surface area contributed by atoms with Gasteiger partial charge in [-0.3, -0.25) is 14.3 Å². The minimum Gasteiger partial charge on any atom is -0.497 e. The number of piperidine rings is 1. The van der Waals surface area contributed by atoms with E-state index in [1.807, 2.05) is 24.3 Å². The van der Waals surface area contributed by atoms with E-state index in [2.05, 4.69) is 9.88 Å². The Morgan fingerprint density at radius 1 is 1.03 bits per heavy atom. The Morgan fingerprint density at radius 3 is 2.41 bits per heavy atom. The van der Waals surface area contributed by atoms with Crippen molar-refractivity contribution in [1.82, 2.24) is 14.5 Å². The quantitative estimate of drug-likeness (QED) is 0.596. The summed E-state index contributed by atoms with van der Waals surface area (Å²) >= 11 is 0. The third kappa shape index (κ3) is 4.31. The fourth-order valence-corrected chi connectivity index (χ4v) is 4.33. The number of likely N-dealkylation sites (tertiary alicyclic amines) is 1. The van der Waals surface area contributed by atoms with Gasteiger partial charge >= 0.3 is 11.7 Å². The van der Waals surface area contributed by atoms with Gasteiger partial charge in [-0.1, -0.05) is 18.6 Å². The van der Waals surface area contributed by atoms with E-state index in [0.29, 0.717) is 10.9 Å². The van der Waals surface area contributed by atoms with Crippen molar-refractivity contribution in [3.63, 3.8) is 0 Å². The summed E-state index contributed by atoms with van der Waals surface area (Å²) in [6.45, 7) is 2.06. The topological polar surface area (TPSA) is 93.6 Å². The highest BCUT2D eigenvalue weighted by Gasteiger charge is 2.24. The van der Waals surface area contributed by atoms with Crippen LogP contribution in [0.25, 0.3) is 10.9 Å². The molecular formula is C24H27N3O5. The maximum atomic E-state index is 13.2. The average Bonchev–Trinajstić information content (AvgIpc) is 2.84. The predicted molar refractivity (Wildman–Crippen MR) is 121 cm³/mol. The number of benzene rings is 2. The van der Waals surface area contributed by atoms with Crippen molar-refractivity contribution in [3.8, 4) is 5.75 Å². The van der Waals surface area contributed by atoms with Crippen molar-refractivity contribution in [2.45, 2.75) is 31.8 Å². The Hall–Kier alpha value is -3.39. The number of esters is 1. The van der Waals surface area contributed by atoms with E-state index >= 15 is 0 Å². The van der Waals surface area contributed by atoms with Gasteiger partial charge in [0, 0.05) is 0 Å². The zero-order valence-electron chi connectivity index (χ0n) is 18.3. The standard InChI is InChI=1S/C24H27N3O5/c1-31-18-9-6-16(7-10-18)21(26-12-4-3-5-13-26)15-27-22(28)19-11-8-17(23(29)32-2)14-20(19)25-24(27)30/h6-11,14,21H,3-5,12-13,15H2,1-2H3,(H,25,30)/t21-/m1/s1. The van der Waals surface area contributed by atoms with Crippen LogP contribution in [-0.4, -0.2) is 47.7 Å². The van der Waals surface area contributed by atoms with Crippen LogP contribution in [0.2, 0.25) is 0 Å². The Balaban J connectivity index is 1.75. The van der Waals surface area contributed by atoms with E-state index in [1.165, 1.54) is 30.2 Å². The van der Waals surface area contributed by atoms with Gasteiger partial charge in [-0.2, -0.15) is 0 Å². The summed E-state index contributed by atoms with van der Waals surface area (Å²) in [4.78, 5) is 43.0. The third-order valence-electron chi connectivity index (χ3n) is 6.09. The number of aromatic nitrogens is 2. The molecule has 2 aromatic carbocycles. The second-order valence-electron chi connectivity index (χ2n) is 7.98. The van der Waals surface area contributed by atoms with E-state index in [-0.39, 0.29) is 23.7 Å². The second-order valence-corrected chi connectivity index (χ2v) is 7.98. The van der Waals surface area contributed by atoms with Crippen LogP contribution in [0.15, 0.2) is 52.1 Å². The van der Waals surface area contributed by atoms with Gasteiger partial charge in [-0.05, 0) is 61.8 Å². The molecule has 8 nitrogen and oxygen atoms in total. The highest BCUT2D eigenvalue weighted by Crippen LogP contribution is 2.27. The number of fused-ring (bicyclic) bond motifs is 1. The van der Waals surface area contributed by atoms with Gasteiger partial charge in [0.15, 0.2) is 0 Å². The number of aromatic amines is 1. The minimum absolute atomic E-state index is 0.119. The summed E-state index contributed by atoms with van der Waals surface area (Å²) in [7, 11) is 2.91. The predicted octanol–water partition coefficient (Wildman–Crippen LogP) is 2.71. The molecule has 1 fully saturated rings. The van der Waals surface area contributed by atoms with E-state index in [1.54, 1.807) is 13.2 Å². The van der Waals surface area contributed by atoms with Crippen LogP contribution in [0.3, 0.4) is 0 Å². The van der Waals surface area contributed by atoms with Crippen molar-refractivity contribution in [2.75, 3.05) is 27.3 Å². The molecule has 168 valence electrons. The van der Waals surface area contributed by atoms with E-state index in [0.717, 1.165) is 37.2 Å². The molecule has 1 aliphatic heterocycles. The van der Waals surface area contributed by atoms with Gasteiger partial charge in [0.05, 0.1) is 43.3 Å². The number of carbonyl (C=O) groups excluding carboxylic acids is 1. The van der Waals surface area contributed by atoms with Crippen molar-refractivity contribution in [2.24, 2.45) is 0 Å². The molecule has 8 heteroatoms. The molecule has 4 rings (SSSR count). The van der Waals surface area contributed by atoms with Crippen LogP contribution < -0.4 is 16.0 Å². The van der Waals surface area contributed by atoms with Crippen molar-refractivity contribution >= 4 is 16.9 Å². The highest BCUT2D eigenvalue weighted by atomic mass is 16.5. The van der Waals surface area contributed by atoms with Crippen LogP contribution in [0.4, 0.5) is 0 Å². The lowest BCUT2D eigenvalue weighted by molar-refractivity contribution is 0.0601. The summed E-state index contributed by atoms with van der Waals surface area (Å²) < 4.78 is 11.3. The number of hydrogen-bond donors (Lipinski definition) is 1. The van der Waals surface area contributed by atoms with Gasteiger partial charge in [-0.15, -0.1) is 0 Å². The van der Waals surface area contributed by atoms with Crippen LogP contribution in [0, 0.1) is 0 Å². The first kappa shape index (κ1) is 21.8. The summed E-state index contributed by atoms with van der Waals surface area (Å²) in [6.07, 6.45) is 3.36. The lowest BCUT2D eigenvalue weighted by atomic mass is 10.0. The summed E-state index contributed by atoms with van der Waals surface area (Å²) in [5.41, 5.74) is 0.742. The molecule has 0 bridgehead atoms. The fourth-order valence-electron chi connectivity index (χ4n) is 4.33. The molecule has 1 atom stereocenters. The normalized spacial score (nSPS) is 15.4. The van der Waals surface area contributed by atoms with Crippen molar-refractivity contribution < 1.29 is 14.3 Å². The first-order valence-corrected chi connectivity index (χ1v) is 10.7.